The molecule has 11 heteroatoms. The van der Waals surface area contributed by atoms with Crippen molar-refractivity contribution in [3.63, 3.8) is 0 Å². The predicted octanol–water partition coefficient (Wildman–Crippen LogP) is 2.47. The maximum absolute atomic E-state index is 12.5. The second-order valence-electron chi connectivity index (χ2n) is 6.16. The number of anilines is 1. The standard InChI is InChI=1S/C16H17F3N4O3S/c1-8(20)14(25)23-6-2-3-11(23)13(24)22-15-21-10-5-4-9(7-12(10)27-15)26-16(17,18)19/h4-5,7-8,11H,2-3,6,20H2,1H3,(H,21,22,24)/t8-,11+/m1/s1. The molecule has 0 aliphatic carbocycles. The number of aromatic nitrogens is 1. The van der Waals surface area contributed by atoms with E-state index in [2.05, 4.69) is 15.0 Å². The summed E-state index contributed by atoms with van der Waals surface area (Å²) < 4.78 is 41.3. The van der Waals surface area contributed by atoms with Crippen LogP contribution < -0.4 is 15.8 Å². The molecule has 0 unspecified atom stereocenters. The van der Waals surface area contributed by atoms with Gasteiger partial charge in [-0.15, -0.1) is 13.2 Å². The first kappa shape index (κ1) is 19.4. The third-order valence-electron chi connectivity index (χ3n) is 4.05. The lowest BCUT2D eigenvalue weighted by Gasteiger charge is -2.25. The molecule has 27 heavy (non-hydrogen) atoms. The number of benzene rings is 1. The van der Waals surface area contributed by atoms with E-state index in [4.69, 9.17) is 5.73 Å². The van der Waals surface area contributed by atoms with Crippen molar-refractivity contribution in [2.24, 2.45) is 5.73 Å². The van der Waals surface area contributed by atoms with Gasteiger partial charge in [-0.1, -0.05) is 11.3 Å². The smallest absolute Gasteiger partial charge is 0.406 e. The van der Waals surface area contributed by atoms with Gasteiger partial charge in [0.2, 0.25) is 11.8 Å². The second-order valence-corrected chi connectivity index (χ2v) is 7.19. The lowest BCUT2D eigenvalue weighted by atomic mass is 10.2. The Morgan fingerprint density at radius 1 is 1.44 bits per heavy atom. The SMILES string of the molecule is C[C@@H](N)C(=O)N1CCC[C@H]1C(=O)Nc1nc2ccc(OC(F)(F)F)cc2s1. The first-order valence-corrected chi connectivity index (χ1v) is 8.99. The molecule has 0 bridgehead atoms. The summed E-state index contributed by atoms with van der Waals surface area (Å²) in [6.07, 6.45) is -3.58. The fourth-order valence-corrected chi connectivity index (χ4v) is 3.81. The normalized spacial score (nSPS) is 18.6. The Bertz CT molecular complexity index is 868. The molecule has 7 nitrogen and oxygen atoms in total. The minimum Gasteiger partial charge on any atom is -0.406 e. The molecule has 3 N–H and O–H groups in total. The highest BCUT2D eigenvalue weighted by Crippen LogP contribution is 2.32. The molecule has 0 spiro atoms. The highest BCUT2D eigenvalue weighted by molar-refractivity contribution is 7.22. The lowest BCUT2D eigenvalue weighted by Crippen LogP contribution is -2.48. The first-order valence-electron chi connectivity index (χ1n) is 8.17. The van der Waals surface area contributed by atoms with Gasteiger partial charge < -0.3 is 20.7 Å². The summed E-state index contributed by atoms with van der Waals surface area (Å²) in [4.78, 5) is 30.3. The molecule has 1 aliphatic heterocycles. The topological polar surface area (TPSA) is 97.6 Å². The number of nitrogens with one attached hydrogen (secondary N) is 1. The van der Waals surface area contributed by atoms with Gasteiger partial charge in [-0.2, -0.15) is 0 Å². The fraction of sp³-hybridized carbons (Fsp3) is 0.438. The summed E-state index contributed by atoms with van der Waals surface area (Å²) in [7, 11) is 0. The average molecular weight is 402 g/mol. The number of amides is 2. The van der Waals surface area contributed by atoms with E-state index in [9.17, 15) is 22.8 Å². The number of carbonyl (C=O) groups excluding carboxylic acids is 2. The van der Waals surface area contributed by atoms with E-state index in [-0.39, 0.29) is 16.8 Å². The van der Waals surface area contributed by atoms with E-state index in [1.54, 1.807) is 6.92 Å². The van der Waals surface area contributed by atoms with Gasteiger partial charge in [0.1, 0.15) is 11.8 Å². The molecule has 1 saturated heterocycles. The van der Waals surface area contributed by atoms with Crippen molar-refractivity contribution in [3.8, 4) is 5.75 Å². The molecule has 1 aromatic carbocycles. The number of hydrogen-bond donors (Lipinski definition) is 2. The van der Waals surface area contributed by atoms with Gasteiger partial charge in [-0.05, 0) is 31.9 Å². The Morgan fingerprint density at radius 3 is 2.85 bits per heavy atom. The molecule has 2 atom stereocenters. The van der Waals surface area contributed by atoms with E-state index in [1.165, 1.54) is 17.0 Å². The van der Waals surface area contributed by atoms with Gasteiger partial charge >= 0.3 is 6.36 Å². The van der Waals surface area contributed by atoms with Crippen LogP contribution >= 0.6 is 11.3 Å². The summed E-state index contributed by atoms with van der Waals surface area (Å²) in [5.41, 5.74) is 6.04. The van der Waals surface area contributed by atoms with Gasteiger partial charge in [0.15, 0.2) is 5.13 Å². The number of nitrogens with zero attached hydrogens (tertiary/aromatic N) is 2. The molecule has 146 valence electrons. The molecule has 0 saturated carbocycles. The van der Waals surface area contributed by atoms with Crippen molar-refractivity contribution < 1.29 is 27.5 Å². The number of carbonyl (C=O) groups is 2. The van der Waals surface area contributed by atoms with E-state index in [0.29, 0.717) is 29.6 Å². The number of halogens is 3. The molecule has 1 fully saturated rings. The molecule has 3 rings (SSSR count). The second kappa shape index (κ2) is 7.31. The van der Waals surface area contributed by atoms with Crippen LogP contribution in [0.25, 0.3) is 10.2 Å². The molecule has 2 heterocycles. The zero-order valence-electron chi connectivity index (χ0n) is 14.2. The predicted molar refractivity (Wildman–Crippen MR) is 93.3 cm³/mol. The average Bonchev–Trinajstić information content (AvgIpc) is 3.18. The monoisotopic (exact) mass is 402 g/mol. The Morgan fingerprint density at radius 2 is 2.19 bits per heavy atom. The zero-order valence-corrected chi connectivity index (χ0v) is 15.1. The van der Waals surface area contributed by atoms with Crippen molar-refractivity contribution in [1.29, 1.82) is 0 Å². The zero-order chi connectivity index (χ0) is 19.8. The van der Waals surface area contributed by atoms with Crippen LogP contribution in [0.4, 0.5) is 18.3 Å². The number of rotatable bonds is 4. The van der Waals surface area contributed by atoms with Crippen LogP contribution in [0.3, 0.4) is 0 Å². The van der Waals surface area contributed by atoms with E-state index in [1.807, 2.05) is 0 Å². The van der Waals surface area contributed by atoms with E-state index in [0.717, 1.165) is 17.4 Å². The van der Waals surface area contributed by atoms with Crippen molar-refractivity contribution in [2.75, 3.05) is 11.9 Å². The van der Waals surface area contributed by atoms with Gasteiger partial charge in [0.25, 0.3) is 0 Å². The number of fused-ring (bicyclic) bond motifs is 1. The number of alkyl halides is 3. The van der Waals surface area contributed by atoms with Crippen LogP contribution in [0, 0.1) is 0 Å². The van der Waals surface area contributed by atoms with Crippen molar-refractivity contribution in [3.05, 3.63) is 18.2 Å². The van der Waals surface area contributed by atoms with Gasteiger partial charge in [-0.3, -0.25) is 9.59 Å². The Kier molecular flexibility index (Phi) is 5.24. The summed E-state index contributed by atoms with van der Waals surface area (Å²) in [6, 6.07) is 2.40. The number of thiazole rings is 1. The number of likely N-dealkylation sites (tertiary alicyclic amines) is 1. The summed E-state index contributed by atoms with van der Waals surface area (Å²) in [6.45, 7) is 2.01. The van der Waals surface area contributed by atoms with Crippen molar-refractivity contribution in [2.45, 2.75) is 38.2 Å². The number of hydrogen-bond acceptors (Lipinski definition) is 6. The Balaban J connectivity index is 1.74. The van der Waals surface area contributed by atoms with Crippen LogP contribution in [0.15, 0.2) is 18.2 Å². The summed E-state index contributed by atoms with van der Waals surface area (Å²) in [5.74, 6) is -1.06. The van der Waals surface area contributed by atoms with Gasteiger partial charge in [0.05, 0.1) is 16.3 Å². The van der Waals surface area contributed by atoms with Crippen LogP contribution in [0.1, 0.15) is 19.8 Å². The van der Waals surface area contributed by atoms with Crippen LogP contribution in [0.5, 0.6) is 5.75 Å². The number of nitrogens with two attached hydrogens (primary N) is 1. The maximum Gasteiger partial charge on any atom is 0.573 e. The molecule has 1 aromatic heterocycles. The molecular weight excluding hydrogens is 385 g/mol. The summed E-state index contributed by atoms with van der Waals surface area (Å²) >= 11 is 1.02. The molecule has 1 aliphatic rings. The van der Waals surface area contributed by atoms with Crippen molar-refractivity contribution >= 4 is 38.5 Å². The summed E-state index contributed by atoms with van der Waals surface area (Å²) in [5, 5.41) is 2.87. The Hall–Kier alpha value is -2.40. The molecular formula is C16H17F3N4O3S. The Labute approximate surface area is 156 Å². The fourth-order valence-electron chi connectivity index (χ4n) is 2.91. The van der Waals surface area contributed by atoms with Crippen molar-refractivity contribution in [1.82, 2.24) is 9.88 Å². The minimum absolute atomic E-state index is 0.235. The quantitative estimate of drug-likeness (QED) is 0.819. The van der Waals surface area contributed by atoms with E-state index >= 15 is 0 Å². The van der Waals surface area contributed by atoms with Crippen LogP contribution in [-0.4, -0.2) is 46.7 Å². The highest BCUT2D eigenvalue weighted by Gasteiger charge is 2.35. The van der Waals surface area contributed by atoms with Crippen LogP contribution in [0.2, 0.25) is 0 Å². The largest absolute Gasteiger partial charge is 0.573 e. The van der Waals surface area contributed by atoms with Gasteiger partial charge in [-0.25, -0.2) is 4.98 Å². The number of ether oxygens (including phenoxy) is 1. The lowest BCUT2D eigenvalue weighted by molar-refractivity contribution is -0.274. The molecule has 2 amide bonds. The third kappa shape index (κ3) is 4.48. The first-order chi connectivity index (χ1) is 12.6. The molecule has 0 radical (unpaired) electrons. The third-order valence-corrected chi connectivity index (χ3v) is 4.99. The maximum atomic E-state index is 12.5. The minimum atomic E-state index is -4.78. The highest BCUT2D eigenvalue weighted by atomic mass is 32.1. The van der Waals surface area contributed by atoms with Crippen LogP contribution in [-0.2, 0) is 9.59 Å². The van der Waals surface area contributed by atoms with E-state index < -0.39 is 24.4 Å². The molecule has 2 aromatic rings. The van der Waals surface area contributed by atoms with Gasteiger partial charge in [0, 0.05) is 12.6 Å².